The van der Waals surface area contributed by atoms with Crippen molar-refractivity contribution in [1.29, 1.82) is 0 Å². The molecule has 1 fully saturated rings. The fourth-order valence-corrected chi connectivity index (χ4v) is 2.84. The van der Waals surface area contributed by atoms with E-state index in [0.29, 0.717) is 13.0 Å². The molecule has 0 saturated carbocycles. The molecule has 1 saturated heterocycles. The maximum Gasteiger partial charge on any atom is 0.412 e. The van der Waals surface area contributed by atoms with Gasteiger partial charge in [0.2, 0.25) is 0 Å². The molecule has 0 bridgehead atoms. The first kappa shape index (κ1) is 20.5. The molecule has 1 aliphatic rings. The third-order valence-corrected chi connectivity index (χ3v) is 3.69. The largest absolute Gasteiger partial charge is 0.463 e. The Morgan fingerprint density at radius 1 is 1.25 bits per heavy atom. The van der Waals surface area contributed by atoms with E-state index in [1.165, 1.54) is 6.08 Å². The molecule has 0 aliphatic carbocycles. The molecule has 0 aromatic rings. The molecule has 0 unspecified atom stereocenters. The normalized spacial score (nSPS) is 23.5. The minimum absolute atomic E-state index is 0.112. The van der Waals surface area contributed by atoms with Gasteiger partial charge in [-0.15, -0.1) is 0 Å². The molecule has 0 spiro atoms. The number of carbonyl (C=O) groups excluding carboxylic acids is 2. The van der Waals surface area contributed by atoms with Gasteiger partial charge in [-0.3, -0.25) is 4.90 Å². The Hall–Kier alpha value is -1.56. The van der Waals surface area contributed by atoms with Crippen molar-refractivity contribution >= 4 is 12.1 Å². The molecule has 0 aromatic heterocycles. The number of ether oxygens (including phenoxy) is 3. The molecule has 1 rings (SSSR count). The van der Waals surface area contributed by atoms with Crippen LogP contribution in [0.2, 0.25) is 0 Å². The van der Waals surface area contributed by atoms with Gasteiger partial charge in [0.1, 0.15) is 11.3 Å². The van der Waals surface area contributed by atoms with Gasteiger partial charge in [-0.1, -0.05) is 13.0 Å². The second-order valence-corrected chi connectivity index (χ2v) is 7.32. The zero-order chi connectivity index (χ0) is 18.5. The van der Waals surface area contributed by atoms with Crippen molar-refractivity contribution in [3.05, 3.63) is 12.2 Å². The standard InChI is InChI=1S/C18H31NO5/c1-8-14-13(11-10-12-15(20)22-9-2)19(18(6,7)23-14)16(21)24-17(3,4)5/h10,12-14H,8-9,11H2,1-7H3/b12-10+/t13-,14-/m0/s1. The number of amides is 1. The van der Waals surface area contributed by atoms with E-state index in [1.807, 2.05) is 41.5 Å². The highest BCUT2D eigenvalue weighted by molar-refractivity contribution is 5.81. The highest BCUT2D eigenvalue weighted by Gasteiger charge is 2.49. The van der Waals surface area contributed by atoms with Crippen LogP contribution in [0.4, 0.5) is 4.79 Å². The zero-order valence-corrected chi connectivity index (χ0v) is 15.9. The van der Waals surface area contributed by atoms with Gasteiger partial charge in [0.25, 0.3) is 0 Å². The van der Waals surface area contributed by atoms with E-state index < -0.39 is 17.4 Å². The highest BCUT2D eigenvalue weighted by Crippen LogP contribution is 2.36. The van der Waals surface area contributed by atoms with Gasteiger partial charge >= 0.3 is 12.1 Å². The summed E-state index contributed by atoms with van der Waals surface area (Å²) in [7, 11) is 0. The smallest absolute Gasteiger partial charge is 0.412 e. The molecule has 0 aromatic carbocycles. The van der Waals surface area contributed by atoms with Gasteiger partial charge < -0.3 is 14.2 Å². The predicted molar refractivity (Wildman–Crippen MR) is 91.5 cm³/mol. The summed E-state index contributed by atoms with van der Waals surface area (Å²) in [6.07, 6.45) is 3.88. The van der Waals surface area contributed by atoms with E-state index in [4.69, 9.17) is 14.2 Å². The lowest BCUT2D eigenvalue weighted by Crippen LogP contribution is -2.50. The van der Waals surface area contributed by atoms with Crippen molar-refractivity contribution in [3.8, 4) is 0 Å². The van der Waals surface area contributed by atoms with Crippen LogP contribution < -0.4 is 0 Å². The lowest BCUT2D eigenvalue weighted by atomic mass is 10.0. The van der Waals surface area contributed by atoms with Crippen LogP contribution in [-0.4, -0.2) is 47.0 Å². The van der Waals surface area contributed by atoms with Gasteiger partial charge in [0.05, 0.1) is 18.8 Å². The first-order chi connectivity index (χ1) is 11.0. The predicted octanol–water partition coefficient (Wildman–Crippen LogP) is 3.65. The Kier molecular flexibility index (Phi) is 6.84. The summed E-state index contributed by atoms with van der Waals surface area (Å²) in [4.78, 5) is 25.7. The van der Waals surface area contributed by atoms with Gasteiger partial charge in [0.15, 0.2) is 0 Å². The van der Waals surface area contributed by atoms with E-state index >= 15 is 0 Å². The number of carbonyl (C=O) groups is 2. The fraction of sp³-hybridized carbons (Fsp3) is 0.778. The fourth-order valence-electron chi connectivity index (χ4n) is 2.84. The second kappa shape index (κ2) is 8.01. The van der Waals surface area contributed by atoms with Crippen molar-refractivity contribution in [1.82, 2.24) is 4.90 Å². The minimum Gasteiger partial charge on any atom is -0.463 e. The average molecular weight is 341 g/mol. The molecule has 2 atom stereocenters. The summed E-state index contributed by atoms with van der Waals surface area (Å²) in [6.45, 7) is 13.3. The Balaban J connectivity index is 2.93. The molecule has 6 heteroatoms. The second-order valence-electron chi connectivity index (χ2n) is 7.32. The number of esters is 1. The molecule has 1 heterocycles. The van der Waals surface area contributed by atoms with Crippen LogP contribution in [0.5, 0.6) is 0 Å². The van der Waals surface area contributed by atoms with E-state index in [9.17, 15) is 9.59 Å². The Morgan fingerprint density at radius 3 is 2.38 bits per heavy atom. The number of hydrogen-bond donors (Lipinski definition) is 0. The van der Waals surface area contributed by atoms with Crippen molar-refractivity contribution in [2.24, 2.45) is 0 Å². The summed E-state index contributed by atoms with van der Waals surface area (Å²) in [5.74, 6) is -0.382. The maximum absolute atomic E-state index is 12.7. The Bertz CT molecular complexity index is 478. The lowest BCUT2D eigenvalue weighted by molar-refractivity contribution is -0.137. The maximum atomic E-state index is 12.7. The molecule has 1 aliphatic heterocycles. The van der Waals surface area contributed by atoms with Crippen molar-refractivity contribution in [2.75, 3.05) is 6.61 Å². The summed E-state index contributed by atoms with van der Waals surface area (Å²) in [6, 6.07) is -0.189. The van der Waals surface area contributed by atoms with Gasteiger partial charge in [-0.2, -0.15) is 0 Å². The number of nitrogens with zero attached hydrogens (tertiary/aromatic N) is 1. The Labute approximate surface area is 145 Å². The quantitative estimate of drug-likeness (QED) is 0.564. The third kappa shape index (κ3) is 5.51. The van der Waals surface area contributed by atoms with Crippen molar-refractivity contribution in [2.45, 2.75) is 84.8 Å². The molecule has 0 radical (unpaired) electrons. The number of rotatable bonds is 5. The summed E-state index contributed by atoms with van der Waals surface area (Å²) in [5, 5.41) is 0. The zero-order valence-electron chi connectivity index (χ0n) is 15.9. The SMILES string of the molecule is CCOC(=O)/C=C/C[C@H]1[C@H](CC)OC(C)(C)N1C(=O)OC(C)(C)C. The molecule has 138 valence electrons. The van der Waals surface area contributed by atoms with Crippen LogP contribution in [0.3, 0.4) is 0 Å². The van der Waals surface area contributed by atoms with E-state index in [0.717, 1.165) is 6.42 Å². The summed E-state index contributed by atoms with van der Waals surface area (Å²) < 4.78 is 16.5. The topological polar surface area (TPSA) is 65.1 Å². The average Bonchev–Trinajstić information content (AvgIpc) is 2.67. The van der Waals surface area contributed by atoms with Crippen molar-refractivity contribution < 1.29 is 23.8 Å². The highest BCUT2D eigenvalue weighted by atomic mass is 16.6. The van der Waals surface area contributed by atoms with Crippen LogP contribution in [0.1, 0.15) is 61.3 Å². The van der Waals surface area contributed by atoms with E-state index in [1.54, 1.807) is 17.9 Å². The van der Waals surface area contributed by atoms with E-state index in [-0.39, 0.29) is 18.1 Å². The Morgan fingerprint density at radius 2 is 1.88 bits per heavy atom. The summed E-state index contributed by atoms with van der Waals surface area (Å²) in [5.41, 5.74) is -1.34. The first-order valence-corrected chi connectivity index (χ1v) is 8.55. The number of hydrogen-bond acceptors (Lipinski definition) is 5. The monoisotopic (exact) mass is 341 g/mol. The molecular weight excluding hydrogens is 310 g/mol. The first-order valence-electron chi connectivity index (χ1n) is 8.55. The molecule has 6 nitrogen and oxygen atoms in total. The molecular formula is C18H31NO5. The van der Waals surface area contributed by atoms with Crippen LogP contribution in [-0.2, 0) is 19.0 Å². The van der Waals surface area contributed by atoms with Gasteiger partial charge in [-0.05, 0) is 54.4 Å². The van der Waals surface area contributed by atoms with Crippen LogP contribution in [0.15, 0.2) is 12.2 Å². The van der Waals surface area contributed by atoms with E-state index in [2.05, 4.69) is 0 Å². The summed E-state index contributed by atoms with van der Waals surface area (Å²) >= 11 is 0. The van der Waals surface area contributed by atoms with Gasteiger partial charge in [0, 0.05) is 6.08 Å². The third-order valence-electron chi connectivity index (χ3n) is 3.69. The lowest BCUT2D eigenvalue weighted by Gasteiger charge is -2.35. The molecule has 24 heavy (non-hydrogen) atoms. The minimum atomic E-state index is -0.758. The van der Waals surface area contributed by atoms with Crippen LogP contribution >= 0.6 is 0 Å². The van der Waals surface area contributed by atoms with Crippen molar-refractivity contribution in [3.63, 3.8) is 0 Å². The van der Waals surface area contributed by atoms with Crippen LogP contribution in [0.25, 0.3) is 0 Å². The molecule has 1 amide bonds. The van der Waals surface area contributed by atoms with Gasteiger partial charge in [-0.25, -0.2) is 9.59 Å². The van der Waals surface area contributed by atoms with Crippen LogP contribution in [0, 0.1) is 0 Å². The molecule has 0 N–H and O–H groups in total.